The van der Waals surface area contributed by atoms with Gasteiger partial charge in [0.15, 0.2) is 0 Å². The maximum Gasteiger partial charge on any atom is 0.338 e. The van der Waals surface area contributed by atoms with Crippen LogP contribution in [0.2, 0.25) is 0 Å². The van der Waals surface area contributed by atoms with Crippen molar-refractivity contribution in [2.75, 3.05) is 25.6 Å². The molecule has 0 aliphatic heterocycles. The summed E-state index contributed by atoms with van der Waals surface area (Å²) in [6.45, 7) is 1.41. The smallest absolute Gasteiger partial charge is 0.338 e. The molecule has 0 aliphatic carbocycles. The van der Waals surface area contributed by atoms with E-state index in [4.69, 9.17) is 9.84 Å². The number of halogens is 1. The highest BCUT2D eigenvalue weighted by Gasteiger charge is 2.09. The van der Waals surface area contributed by atoms with Crippen LogP contribution in [0.1, 0.15) is 23.2 Å². The van der Waals surface area contributed by atoms with Gasteiger partial charge in [0, 0.05) is 25.9 Å². The summed E-state index contributed by atoms with van der Waals surface area (Å²) < 4.78 is 18.2. The van der Waals surface area contributed by atoms with Crippen LogP contribution in [-0.2, 0) is 4.74 Å². The first-order chi connectivity index (χ1) is 8.15. The summed E-state index contributed by atoms with van der Waals surface area (Å²) in [5.74, 6) is -1.98. The van der Waals surface area contributed by atoms with Crippen molar-refractivity contribution in [2.24, 2.45) is 0 Å². The third kappa shape index (κ3) is 4.40. The topological polar surface area (TPSA) is 58.6 Å². The molecular formula is C12H16FNO3. The number of aromatic carboxylic acids is 1. The number of carbonyl (C=O) groups is 1. The second-order valence-electron chi connectivity index (χ2n) is 3.63. The fraction of sp³-hybridized carbons (Fsp3) is 0.417. The molecule has 0 saturated heterocycles. The van der Waals surface area contributed by atoms with Gasteiger partial charge < -0.3 is 15.2 Å². The quantitative estimate of drug-likeness (QED) is 0.719. The van der Waals surface area contributed by atoms with E-state index in [0.717, 1.165) is 12.8 Å². The Labute approximate surface area is 99.4 Å². The first kappa shape index (κ1) is 13.4. The number of hydrogen-bond donors (Lipinski definition) is 2. The van der Waals surface area contributed by atoms with Gasteiger partial charge in [-0.1, -0.05) is 0 Å². The highest BCUT2D eigenvalue weighted by Crippen LogP contribution is 2.14. The van der Waals surface area contributed by atoms with Crippen LogP contribution in [0.3, 0.4) is 0 Å². The van der Waals surface area contributed by atoms with Gasteiger partial charge in [-0.15, -0.1) is 0 Å². The number of rotatable bonds is 7. The zero-order valence-electron chi connectivity index (χ0n) is 9.70. The molecule has 4 nitrogen and oxygen atoms in total. The maximum absolute atomic E-state index is 13.3. The number of benzene rings is 1. The summed E-state index contributed by atoms with van der Waals surface area (Å²) in [6, 6.07) is 4.01. The van der Waals surface area contributed by atoms with Crippen LogP contribution in [0, 0.1) is 5.82 Å². The summed E-state index contributed by atoms with van der Waals surface area (Å²) >= 11 is 0. The van der Waals surface area contributed by atoms with E-state index in [0.29, 0.717) is 18.8 Å². The fourth-order valence-corrected chi connectivity index (χ4v) is 1.40. The second-order valence-corrected chi connectivity index (χ2v) is 3.63. The van der Waals surface area contributed by atoms with Crippen LogP contribution in [-0.4, -0.2) is 31.3 Å². The van der Waals surface area contributed by atoms with E-state index < -0.39 is 11.8 Å². The highest BCUT2D eigenvalue weighted by molar-refractivity contribution is 5.88. The van der Waals surface area contributed by atoms with E-state index in [1.165, 1.54) is 12.1 Å². The standard InChI is InChI=1S/C12H16FNO3/c1-17-7-3-2-6-14-9-4-5-10(12(15)16)11(13)8-9/h4-5,8,14H,2-3,6-7H2,1H3,(H,15,16). The molecular weight excluding hydrogens is 225 g/mol. The Balaban J connectivity index is 2.45. The van der Waals surface area contributed by atoms with E-state index in [9.17, 15) is 9.18 Å². The maximum atomic E-state index is 13.3. The van der Waals surface area contributed by atoms with Crippen molar-refractivity contribution in [2.45, 2.75) is 12.8 Å². The van der Waals surface area contributed by atoms with Gasteiger partial charge in [-0.05, 0) is 31.0 Å². The van der Waals surface area contributed by atoms with Crippen LogP contribution in [0.25, 0.3) is 0 Å². The largest absolute Gasteiger partial charge is 0.478 e. The van der Waals surface area contributed by atoms with Crippen molar-refractivity contribution >= 4 is 11.7 Å². The van der Waals surface area contributed by atoms with Gasteiger partial charge in [0.2, 0.25) is 0 Å². The minimum atomic E-state index is -1.26. The molecule has 5 heteroatoms. The lowest BCUT2D eigenvalue weighted by Crippen LogP contribution is -2.05. The van der Waals surface area contributed by atoms with Crippen LogP contribution in [0.5, 0.6) is 0 Å². The first-order valence-corrected chi connectivity index (χ1v) is 5.41. The summed E-state index contributed by atoms with van der Waals surface area (Å²) in [4.78, 5) is 10.6. The molecule has 1 aromatic rings. The summed E-state index contributed by atoms with van der Waals surface area (Å²) in [5.41, 5.74) is 0.278. The minimum absolute atomic E-state index is 0.310. The molecule has 94 valence electrons. The molecule has 0 fully saturated rings. The first-order valence-electron chi connectivity index (χ1n) is 5.41. The third-order valence-corrected chi connectivity index (χ3v) is 2.30. The van der Waals surface area contributed by atoms with Crippen LogP contribution < -0.4 is 5.32 Å². The Bertz CT molecular complexity index is 382. The summed E-state index contributed by atoms with van der Waals surface area (Å²) in [5, 5.41) is 11.7. The van der Waals surface area contributed by atoms with Gasteiger partial charge >= 0.3 is 5.97 Å². The van der Waals surface area contributed by atoms with Crippen LogP contribution in [0.4, 0.5) is 10.1 Å². The molecule has 0 unspecified atom stereocenters. The number of nitrogens with one attached hydrogen (secondary N) is 1. The molecule has 0 amide bonds. The van der Waals surface area contributed by atoms with Crippen molar-refractivity contribution in [3.05, 3.63) is 29.6 Å². The molecule has 0 bridgehead atoms. The number of methoxy groups -OCH3 is 1. The average molecular weight is 241 g/mol. The van der Waals surface area contributed by atoms with E-state index in [1.54, 1.807) is 13.2 Å². The minimum Gasteiger partial charge on any atom is -0.478 e. The molecule has 0 radical (unpaired) electrons. The lowest BCUT2D eigenvalue weighted by atomic mass is 10.2. The molecule has 0 saturated carbocycles. The Morgan fingerprint density at radius 2 is 2.24 bits per heavy atom. The third-order valence-electron chi connectivity index (χ3n) is 2.30. The van der Waals surface area contributed by atoms with Gasteiger partial charge in [-0.2, -0.15) is 0 Å². The lowest BCUT2D eigenvalue weighted by Gasteiger charge is -2.07. The van der Waals surface area contributed by atoms with Crippen molar-refractivity contribution in [3.63, 3.8) is 0 Å². The molecule has 0 aliphatic rings. The van der Waals surface area contributed by atoms with E-state index in [-0.39, 0.29) is 5.56 Å². The van der Waals surface area contributed by atoms with Crippen LogP contribution >= 0.6 is 0 Å². The number of ether oxygens (including phenoxy) is 1. The number of carboxylic acids is 1. The second kappa shape index (κ2) is 6.85. The van der Waals surface area contributed by atoms with Crippen molar-refractivity contribution < 1.29 is 19.0 Å². The SMILES string of the molecule is COCCCCNc1ccc(C(=O)O)c(F)c1. The Morgan fingerprint density at radius 1 is 1.47 bits per heavy atom. The summed E-state index contributed by atoms with van der Waals surface area (Å²) in [6.07, 6.45) is 1.84. The molecule has 1 rings (SSSR count). The summed E-state index contributed by atoms with van der Waals surface area (Å²) in [7, 11) is 1.65. The molecule has 0 heterocycles. The van der Waals surface area contributed by atoms with Crippen molar-refractivity contribution in [1.29, 1.82) is 0 Å². The Hall–Kier alpha value is -1.62. The fourth-order valence-electron chi connectivity index (χ4n) is 1.40. The van der Waals surface area contributed by atoms with Gasteiger partial charge in [-0.3, -0.25) is 0 Å². The monoisotopic (exact) mass is 241 g/mol. The molecule has 0 aromatic heterocycles. The molecule has 17 heavy (non-hydrogen) atoms. The Kier molecular flexibility index (Phi) is 5.42. The van der Waals surface area contributed by atoms with Crippen LogP contribution in [0.15, 0.2) is 18.2 Å². The predicted molar refractivity (Wildman–Crippen MR) is 63.0 cm³/mol. The predicted octanol–water partition coefficient (Wildman–Crippen LogP) is 2.36. The Morgan fingerprint density at radius 3 is 2.82 bits per heavy atom. The van der Waals surface area contributed by atoms with Gasteiger partial charge in [-0.25, -0.2) is 9.18 Å². The van der Waals surface area contributed by atoms with E-state index in [1.807, 2.05) is 0 Å². The molecule has 0 atom stereocenters. The number of unbranched alkanes of at least 4 members (excludes halogenated alkanes) is 1. The lowest BCUT2D eigenvalue weighted by molar-refractivity contribution is 0.0692. The van der Waals surface area contributed by atoms with Gasteiger partial charge in [0.25, 0.3) is 0 Å². The highest BCUT2D eigenvalue weighted by atomic mass is 19.1. The average Bonchev–Trinajstić information content (AvgIpc) is 2.28. The van der Waals surface area contributed by atoms with Gasteiger partial charge in [0.05, 0.1) is 5.56 Å². The number of anilines is 1. The zero-order valence-corrected chi connectivity index (χ0v) is 9.70. The zero-order chi connectivity index (χ0) is 12.7. The molecule has 2 N–H and O–H groups in total. The van der Waals surface area contributed by atoms with E-state index >= 15 is 0 Å². The number of carboxylic acid groups (broad SMARTS) is 1. The van der Waals surface area contributed by atoms with Gasteiger partial charge in [0.1, 0.15) is 5.82 Å². The normalized spacial score (nSPS) is 10.2. The number of hydrogen-bond acceptors (Lipinski definition) is 3. The van der Waals surface area contributed by atoms with Crippen molar-refractivity contribution in [3.8, 4) is 0 Å². The molecule has 0 spiro atoms. The molecule has 1 aromatic carbocycles. The van der Waals surface area contributed by atoms with Crippen molar-refractivity contribution in [1.82, 2.24) is 0 Å². The van der Waals surface area contributed by atoms with E-state index in [2.05, 4.69) is 5.32 Å².